The highest BCUT2D eigenvalue weighted by Crippen LogP contribution is 2.29. The number of halogens is 1. The van der Waals surface area contributed by atoms with Gasteiger partial charge in [-0.2, -0.15) is 0 Å². The Labute approximate surface area is 168 Å². The van der Waals surface area contributed by atoms with Gasteiger partial charge in [0.25, 0.3) is 0 Å². The van der Waals surface area contributed by atoms with Crippen molar-refractivity contribution in [3.8, 4) is 5.75 Å². The second-order valence-corrected chi connectivity index (χ2v) is 8.89. The summed E-state index contributed by atoms with van der Waals surface area (Å²) in [4.78, 5) is 2.32. The molecule has 0 aromatic heterocycles. The Balaban J connectivity index is 1.89. The monoisotopic (exact) mass is 454 g/mol. The van der Waals surface area contributed by atoms with Crippen molar-refractivity contribution in [1.82, 2.24) is 9.62 Å². The average molecular weight is 455 g/mol. The van der Waals surface area contributed by atoms with Crippen LogP contribution in [0, 0.1) is 0 Å². The van der Waals surface area contributed by atoms with Crippen molar-refractivity contribution >= 4 is 26.0 Å². The first-order valence-electron chi connectivity index (χ1n) is 8.70. The number of methoxy groups -OCH3 is 1. The van der Waals surface area contributed by atoms with E-state index in [2.05, 4.69) is 25.6 Å². The Morgan fingerprint density at radius 1 is 1.19 bits per heavy atom. The number of hydrogen-bond donors (Lipinski definition) is 1. The lowest BCUT2D eigenvalue weighted by molar-refractivity contribution is 0.0345. The van der Waals surface area contributed by atoms with Crippen LogP contribution in [-0.4, -0.2) is 53.3 Å². The van der Waals surface area contributed by atoms with Crippen molar-refractivity contribution in [2.24, 2.45) is 0 Å². The van der Waals surface area contributed by atoms with Crippen molar-refractivity contribution in [1.29, 1.82) is 0 Å². The Bertz CT molecular complexity index is 855. The van der Waals surface area contributed by atoms with E-state index in [1.807, 2.05) is 30.3 Å². The molecule has 1 fully saturated rings. The molecule has 1 heterocycles. The van der Waals surface area contributed by atoms with Crippen molar-refractivity contribution in [2.45, 2.75) is 10.9 Å². The molecule has 1 aliphatic rings. The zero-order valence-corrected chi connectivity index (χ0v) is 17.5. The molecule has 0 bridgehead atoms. The Morgan fingerprint density at radius 3 is 2.56 bits per heavy atom. The van der Waals surface area contributed by atoms with Crippen LogP contribution in [0.15, 0.2) is 57.9 Å². The summed E-state index contributed by atoms with van der Waals surface area (Å²) in [6.45, 7) is 3.46. The molecule has 1 saturated heterocycles. The van der Waals surface area contributed by atoms with Crippen LogP contribution in [0.2, 0.25) is 0 Å². The number of sulfonamides is 1. The highest BCUT2D eigenvalue weighted by molar-refractivity contribution is 9.10. The molecule has 1 atom stereocenters. The van der Waals surface area contributed by atoms with Gasteiger partial charge in [0.2, 0.25) is 10.0 Å². The highest BCUT2D eigenvalue weighted by atomic mass is 79.9. The number of nitrogens with one attached hydrogen (secondary N) is 1. The molecule has 2 aromatic rings. The van der Waals surface area contributed by atoms with Crippen molar-refractivity contribution in [3.63, 3.8) is 0 Å². The molecule has 0 radical (unpaired) electrons. The SMILES string of the molecule is COc1ccc(Br)cc1S(=O)(=O)N[C@@H](CN1CCOCC1)c1ccccc1. The first kappa shape index (κ1) is 20.3. The van der Waals surface area contributed by atoms with Gasteiger partial charge >= 0.3 is 0 Å². The predicted octanol–water partition coefficient (Wildman–Crippen LogP) is 2.81. The van der Waals surface area contributed by atoms with Crippen molar-refractivity contribution < 1.29 is 17.9 Å². The van der Waals surface area contributed by atoms with E-state index in [1.165, 1.54) is 7.11 Å². The van der Waals surface area contributed by atoms with Gasteiger partial charge in [-0.1, -0.05) is 46.3 Å². The summed E-state index contributed by atoms with van der Waals surface area (Å²) in [5.74, 6) is 0.309. The maximum atomic E-state index is 13.1. The maximum absolute atomic E-state index is 13.1. The molecule has 1 N–H and O–H groups in total. The highest BCUT2D eigenvalue weighted by Gasteiger charge is 2.27. The summed E-state index contributed by atoms with van der Waals surface area (Å²) >= 11 is 3.34. The quantitative estimate of drug-likeness (QED) is 0.696. The Morgan fingerprint density at radius 2 is 1.89 bits per heavy atom. The zero-order chi connectivity index (χ0) is 19.3. The Kier molecular flexibility index (Phi) is 6.88. The zero-order valence-electron chi connectivity index (χ0n) is 15.1. The third-order valence-electron chi connectivity index (χ3n) is 4.46. The summed E-state index contributed by atoms with van der Waals surface area (Å²) in [5.41, 5.74) is 0.918. The van der Waals surface area contributed by atoms with E-state index in [-0.39, 0.29) is 10.9 Å². The third kappa shape index (κ3) is 5.30. The summed E-state index contributed by atoms with van der Waals surface area (Å²) < 4.78 is 40.5. The molecular weight excluding hydrogens is 432 g/mol. The number of morpholine rings is 1. The maximum Gasteiger partial charge on any atom is 0.244 e. The molecule has 3 rings (SSSR count). The summed E-state index contributed by atoms with van der Waals surface area (Å²) in [6, 6.07) is 14.2. The fraction of sp³-hybridized carbons (Fsp3) is 0.368. The minimum atomic E-state index is -3.79. The number of hydrogen-bond acceptors (Lipinski definition) is 5. The fourth-order valence-corrected chi connectivity index (χ4v) is 4.97. The first-order chi connectivity index (χ1) is 13.0. The number of nitrogens with zero attached hydrogens (tertiary/aromatic N) is 1. The van der Waals surface area contributed by atoms with Gasteiger partial charge in [0.1, 0.15) is 10.6 Å². The number of rotatable bonds is 7. The molecule has 0 saturated carbocycles. The summed E-state index contributed by atoms with van der Waals surface area (Å²) in [7, 11) is -2.32. The van der Waals surface area contributed by atoms with E-state index in [4.69, 9.17) is 9.47 Å². The molecule has 6 nitrogen and oxygen atoms in total. The van der Waals surface area contributed by atoms with Gasteiger partial charge in [0.05, 0.1) is 26.4 Å². The fourth-order valence-electron chi connectivity index (χ4n) is 3.05. The summed E-state index contributed by atoms with van der Waals surface area (Å²) in [6.07, 6.45) is 0. The molecule has 146 valence electrons. The molecule has 1 aliphatic heterocycles. The smallest absolute Gasteiger partial charge is 0.244 e. The normalized spacial score (nSPS) is 16.8. The van der Waals surface area contributed by atoms with Gasteiger partial charge in [-0.3, -0.25) is 4.90 Å². The molecule has 2 aromatic carbocycles. The molecule has 0 amide bonds. The molecule has 0 aliphatic carbocycles. The second-order valence-electron chi connectivity index (χ2n) is 6.29. The number of ether oxygens (including phenoxy) is 2. The van der Waals surface area contributed by atoms with Gasteiger partial charge in [0, 0.05) is 24.1 Å². The largest absolute Gasteiger partial charge is 0.495 e. The van der Waals surface area contributed by atoms with Crippen LogP contribution in [0.25, 0.3) is 0 Å². The van der Waals surface area contributed by atoms with E-state index in [0.717, 1.165) is 18.7 Å². The lowest BCUT2D eigenvalue weighted by Gasteiger charge is -2.31. The van der Waals surface area contributed by atoms with Crippen LogP contribution >= 0.6 is 15.9 Å². The van der Waals surface area contributed by atoms with E-state index >= 15 is 0 Å². The van der Waals surface area contributed by atoms with Crippen LogP contribution in [0.5, 0.6) is 5.75 Å². The van der Waals surface area contributed by atoms with Crippen LogP contribution in [0.4, 0.5) is 0 Å². The topological polar surface area (TPSA) is 67.9 Å². The minimum Gasteiger partial charge on any atom is -0.495 e. The lowest BCUT2D eigenvalue weighted by atomic mass is 10.1. The predicted molar refractivity (Wildman–Crippen MR) is 107 cm³/mol. The van der Waals surface area contributed by atoms with Crippen molar-refractivity contribution in [3.05, 3.63) is 58.6 Å². The van der Waals surface area contributed by atoms with Crippen molar-refractivity contribution in [2.75, 3.05) is 40.0 Å². The van der Waals surface area contributed by atoms with Gasteiger partial charge in [-0.15, -0.1) is 0 Å². The van der Waals surface area contributed by atoms with E-state index in [1.54, 1.807) is 18.2 Å². The van der Waals surface area contributed by atoms with Crippen LogP contribution in [-0.2, 0) is 14.8 Å². The number of benzene rings is 2. The van der Waals surface area contributed by atoms with E-state index in [0.29, 0.717) is 30.0 Å². The van der Waals surface area contributed by atoms with Crippen LogP contribution < -0.4 is 9.46 Å². The van der Waals surface area contributed by atoms with Gasteiger partial charge in [0.15, 0.2) is 0 Å². The van der Waals surface area contributed by atoms with E-state index < -0.39 is 10.0 Å². The molecule has 0 unspecified atom stereocenters. The second kappa shape index (κ2) is 9.16. The van der Waals surface area contributed by atoms with Gasteiger partial charge in [-0.25, -0.2) is 13.1 Å². The minimum absolute atomic E-state index is 0.113. The van der Waals surface area contributed by atoms with Gasteiger partial charge < -0.3 is 9.47 Å². The molecule has 0 spiro atoms. The standard InChI is InChI=1S/C19H23BrN2O4S/c1-25-18-8-7-16(20)13-19(18)27(23,24)21-17(15-5-3-2-4-6-15)14-22-9-11-26-12-10-22/h2-8,13,17,21H,9-12,14H2,1H3/t17-/m0/s1. The molecule has 27 heavy (non-hydrogen) atoms. The summed E-state index contributed by atoms with van der Waals surface area (Å²) in [5, 5.41) is 0. The molecular formula is C19H23BrN2O4S. The lowest BCUT2D eigenvalue weighted by Crippen LogP contribution is -2.43. The van der Waals surface area contributed by atoms with Crippen LogP contribution in [0.3, 0.4) is 0 Å². The van der Waals surface area contributed by atoms with Gasteiger partial charge in [-0.05, 0) is 23.8 Å². The third-order valence-corrected chi connectivity index (χ3v) is 6.45. The first-order valence-corrected chi connectivity index (χ1v) is 11.0. The molecule has 8 heteroatoms. The average Bonchev–Trinajstić information content (AvgIpc) is 2.69. The van der Waals surface area contributed by atoms with Crippen LogP contribution in [0.1, 0.15) is 11.6 Å². The Hall–Kier alpha value is -1.45. The van der Waals surface area contributed by atoms with E-state index in [9.17, 15) is 8.42 Å².